The summed E-state index contributed by atoms with van der Waals surface area (Å²) >= 11 is 0. The highest BCUT2D eigenvalue weighted by atomic mass is 19.1. The van der Waals surface area contributed by atoms with Gasteiger partial charge in [-0.3, -0.25) is 9.69 Å². The Morgan fingerprint density at radius 3 is 2.38 bits per heavy atom. The van der Waals surface area contributed by atoms with Crippen LogP contribution in [0.1, 0.15) is 11.1 Å². The van der Waals surface area contributed by atoms with Gasteiger partial charge in [-0.25, -0.2) is 9.18 Å². The molecule has 26 heavy (non-hydrogen) atoms. The van der Waals surface area contributed by atoms with E-state index in [0.717, 1.165) is 4.90 Å². The summed E-state index contributed by atoms with van der Waals surface area (Å²) in [4.78, 5) is 25.7. The summed E-state index contributed by atoms with van der Waals surface area (Å²) < 4.78 is 23.4. The van der Waals surface area contributed by atoms with Crippen LogP contribution in [0.15, 0.2) is 48.2 Å². The van der Waals surface area contributed by atoms with Crippen molar-refractivity contribution in [2.75, 3.05) is 14.2 Å². The van der Waals surface area contributed by atoms with Crippen molar-refractivity contribution in [1.29, 1.82) is 0 Å². The Balaban J connectivity index is 1.81. The number of urea groups is 1. The summed E-state index contributed by atoms with van der Waals surface area (Å²) in [7, 11) is 3.05. The van der Waals surface area contributed by atoms with E-state index in [0.29, 0.717) is 22.6 Å². The number of ether oxygens (including phenoxy) is 2. The Morgan fingerprint density at radius 1 is 1.04 bits per heavy atom. The van der Waals surface area contributed by atoms with Gasteiger partial charge in [0.25, 0.3) is 5.91 Å². The lowest BCUT2D eigenvalue weighted by molar-refractivity contribution is -0.123. The maximum atomic E-state index is 13.0. The number of nitrogens with one attached hydrogen (secondary N) is 1. The van der Waals surface area contributed by atoms with E-state index in [1.807, 2.05) is 0 Å². The van der Waals surface area contributed by atoms with E-state index in [2.05, 4.69) is 5.32 Å². The topological polar surface area (TPSA) is 67.9 Å². The summed E-state index contributed by atoms with van der Waals surface area (Å²) in [6.07, 6.45) is 1.56. The molecule has 0 aromatic heterocycles. The molecule has 1 aliphatic rings. The highest BCUT2D eigenvalue weighted by Crippen LogP contribution is 2.28. The second-order valence-corrected chi connectivity index (χ2v) is 5.62. The number of carbonyl (C=O) groups excluding carboxylic acids is 2. The number of halogens is 1. The van der Waals surface area contributed by atoms with Gasteiger partial charge in [0, 0.05) is 0 Å². The van der Waals surface area contributed by atoms with Crippen LogP contribution >= 0.6 is 0 Å². The summed E-state index contributed by atoms with van der Waals surface area (Å²) in [5.74, 6) is 0.255. The van der Waals surface area contributed by atoms with E-state index in [9.17, 15) is 14.0 Å². The lowest BCUT2D eigenvalue weighted by Gasteiger charge is -2.11. The molecule has 1 heterocycles. The minimum atomic E-state index is -0.522. The second-order valence-electron chi connectivity index (χ2n) is 5.62. The molecule has 0 radical (unpaired) electrons. The maximum Gasteiger partial charge on any atom is 0.329 e. The van der Waals surface area contributed by atoms with E-state index in [-0.39, 0.29) is 18.1 Å². The molecule has 0 saturated carbocycles. The van der Waals surface area contributed by atoms with Crippen LogP contribution in [0.5, 0.6) is 11.5 Å². The van der Waals surface area contributed by atoms with Crippen molar-refractivity contribution in [3.63, 3.8) is 0 Å². The number of methoxy groups -OCH3 is 2. The summed E-state index contributed by atoms with van der Waals surface area (Å²) in [6.45, 7) is 0.0637. The quantitative estimate of drug-likeness (QED) is 0.661. The molecule has 1 saturated heterocycles. The van der Waals surface area contributed by atoms with Gasteiger partial charge in [-0.05, 0) is 41.5 Å². The summed E-state index contributed by atoms with van der Waals surface area (Å²) in [5.41, 5.74) is 1.49. The zero-order chi connectivity index (χ0) is 18.7. The van der Waals surface area contributed by atoms with E-state index < -0.39 is 11.9 Å². The molecule has 2 aromatic carbocycles. The molecule has 1 aliphatic heterocycles. The van der Waals surface area contributed by atoms with Gasteiger partial charge in [0.15, 0.2) is 11.5 Å². The van der Waals surface area contributed by atoms with Crippen molar-refractivity contribution < 1.29 is 23.5 Å². The van der Waals surface area contributed by atoms with Crippen molar-refractivity contribution in [2.45, 2.75) is 6.54 Å². The molecule has 0 aliphatic carbocycles. The van der Waals surface area contributed by atoms with Gasteiger partial charge in [0.1, 0.15) is 11.5 Å². The number of nitrogens with zero attached hydrogens (tertiary/aromatic N) is 1. The highest BCUT2D eigenvalue weighted by Gasteiger charge is 2.33. The molecule has 0 bridgehead atoms. The molecule has 134 valence electrons. The number of rotatable bonds is 5. The third-order valence-electron chi connectivity index (χ3n) is 3.93. The van der Waals surface area contributed by atoms with E-state index in [4.69, 9.17) is 9.47 Å². The highest BCUT2D eigenvalue weighted by molar-refractivity contribution is 6.13. The third-order valence-corrected chi connectivity index (χ3v) is 3.93. The van der Waals surface area contributed by atoms with E-state index >= 15 is 0 Å². The van der Waals surface area contributed by atoms with Gasteiger partial charge < -0.3 is 14.8 Å². The fourth-order valence-electron chi connectivity index (χ4n) is 2.60. The molecule has 6 nitrogen and oxygen atoms in total. The first-order valence-electron chi connectivity index (χ1n) is 7.83. The van der Waals surface area contributed by atoms with Gasteiger partial charge in [-0.1, -0.05) is 18.2 Å². The molecule has 3 rings (SSSR count). The average molecular weight is 356 g/mol. The summed E-state index contributed by atoms with van der Waals surface area (Å²) in [5, 5.41) is 2.55. The smallest absolute Gasteiger partial charge is 0.329 e. The predicted molar refractivity (Wildman–Crippen MR) is 93.0 cm³/mol. The molecule has 7 heteroatoms. The first-order chi connectivity index (χ1) is 12.5. The molecule has 0 atom stereocenters. The molecule has 2 aromatic rings. The van der Waals surface area contributed by atoms with Crippen LogP contribution in [0.25, 0.3) is 6.08 Å². The van der Waals surface area contributed by atoms with Gasteiger partial charge in [0.2, 0.25) is 0 Å². The molecule has 3 amide bonds. The minimum Gasteiger partial charge on any atom is -0.493 e. The monoisotopic (exact) mass is 356 g/mol. The number of hydrogen-bond donors (Lipinski definition) is 1. The predicted octanol–water partition coefficient (Wildman–Crippen LogP) is 2.94. The Hall–Kier alpha value is -3.35. The van der Waals surface area contributed by atoms with Crippen LogP contribution in [0.2, 0.25) is 0 Å². The number of benzene rings is 2. The zero-order valence-corrected chi connectivity index (χ0v) is 14.3. The van der Waals surface area contributed by atoms with Gasteiger partial charge >= 0.3 is 6.03 Å². The van der Waals surface area contributed by atoms with Crippen LogP contribution < -0.4 is 14.8 Å². The first kappa shape index (κ1) is 17.5. The van der Waals surface area contributed by atoms with Crippen LogP contribution in [0.4, 0.5) is 9.18 Å². The van der Waals surface area contributed by atoms with Crippen LogP contribution in [0.3, 0.4) is 0 Å². The standard InChI is InChI=1S/C19H17FN2O4/c1-25-16-8-5-13(10-17(16)26-2)9-15-18(23)22(19(24)21-15)11-12-3-6-14(20)7-4-12/h3-10H,11H2,1-2H3,(H,21,24)/b15-9+. The molecule has 0 spiro atoms. The van der Waals surface area contributed by atoms with Crippen LogP contribution in [-0.4, -0.2) is 31.1 Å². The normalized spacial score (nSPS) is 15.3. The Kier molecular flexibility index (Phi) is 4.88. The molecular formula is C19H17FN2O4. The van der Waals surface area contributed by atoms with Gasteiger partial charge in [-0.15, -0.1) is 0 Å². The zero-order valence-electron chi connectivity index (χ0n) is 14.3. The van der Waals surface area contributed by atoms with Crippen LogP contribution in [-0.2, 0) is 11.3 Å². The Labute approximate surface area is 149 Å². The Bertz CT molecular complexity index is 878. The first-order valence-corrected chi connectivity index (χ1v) is 7.83. The third kappa shape index (κ3) is 3.51. The fraction of sp³-hybridized carbons (Fsp3) is 0.158. The number of amides is 3. The lowest BCUT2D eigenvalue weighted by Crippen LogP contribution is -2.30. The van der Waals surface area contributed by atoms with E-state index in [1.54, 1.807) is 24.3 Å². The average Bonchev–Trinajstić information content (AvgIpc) is 2.90. The van der Waals surface area contributed by atoms with Gasteiger partial charge in [-0.2, -0.15) is 0 Å². The number of imide groups is 1. The summed E-state index contributed by atoms with van der Waals surface area (Å²) in [6, 6.07) is 10.3. The van der Waals surface area contributed by atoms with Crippen molar-refractivity contribution >= 4 is 18.0 Å². The minimum absolute atomic E-state index is 0.0637. The van der Waals surface area contributed by atoms with Crippen LogP contribution in [0, 0.1) is 5.82 Å². The second kappa shape index (κ2) is 7.26. The SMILES string of the molecule is COc1ccc(/C=C2/NC(=O)N(Cc3ccc(F)cc3)C2=O)cc1OC. The van der Waals surface area contributed by atoms with E-state index in [1.165, 1.54) is 38.5 Å². The van der Waals surface area contributed by atoms with Crippen molar-refractivity contribution in [3.05, 3.63) is 65.1 Å². The molecule has 1 fully saturated rings. The molecule has 0 unspecified atom stereocenters. The number of hydrogen-bond acceptors (Lipinski definition) is 4. The molecule has 1 N–H and O–H groups in total. The van der Waals surface area contributed by atoms with Gasteiger partial charge in [0.05, 0.1) is 20.8 Å². The van der Waals surface area contributed by atoms with Crippen molar-refractivity contribution in [3.8, 4) is 11.5 Å². The maximum absolute atomic E-state index is 13.0. The van der Waals surface area contributed by atoms with Crippen molar-refractivity contribution in [2.24, 2.45) is 0 Å². The number of carbonyl (C=O) groups is 2. The van der Waals surface area contributed by atoms with Crippen molar-refractivity contribution in [1.82, 2.24) is 10.2 Å². The lowest BCUT2D eigenvalue weighted by atomic mass is 10.1. The molecular weight excluding hydrogens is 339 g/mol. The Morgan fingerprint density at radius 2 is 1.73 bits per heavy atom. The largest absolute Gasteiger partial charge is 0.493 e. The fourth-order valence-corrected chi connectivity index (χ4v) is 2.60.